The summed E-state index contributed by atoms with van der Waals surface area (Å²) in [5.74, 6) is 0.637. The Kier molecular flexibility index (Phi) is 5.49. The molecule has 0 fully saturated rings. The van der Waals surface area contributed by atoms with Crippen molar-refractivity contribution in [2.75, 3.05) is 5.32 Å². The first-order valence-electron chi connectivity index (χ1n) is 8.90. The fraction of sp³-hybridized carbons (Fsp3) is 0. The molecule has 142 valence electrons. The molecular weight excluding hydrogens is 386 g/mol. The van der Waals surface area contributed by atoms with Gasteiger partial charge in [0.1, 0.15) is 12.1 Å². The number of nitrogens with one attached hydrogen (secondary N) is 1. The molecule has 6 heteroatoms. The standard InChI is InChI=1S/C23H16ClN3O2/c24-18-9-5-10-19(13-18)27-23(28)17-8-4-11-20(12-17)29-22-14-21(25-15-26-22)16-6-2-1-3-7-16/h1-15H,(H,27,28). The van der Waals surface area contributed by atoms with E-state index in [1.165, 1.54) is 6.33 Å². The van der Waals surface area contributed by atoms with Crippen LogP contribution in [0.4, 0.5) is 5.69 Å². The summed E-state index contributed by atoms with van der Waals surface area (Å²) in [5.41, 5.74) is 2.80. The molecule has 3 aromatic carbocycles. The molecule has 0 aliphatic rings. The quantitative estimate of drug-likeness (QED) is 0.456. The fourth-order valence-electron chi connectivity index (χ4n) is 2.75. The Labute approximate surface area is 173 Å². The SMILES string of the molecule is O=C(Nc1cccc(Cl)c1)c1cccc(Oc2cc(-c3ccccc3)ncn2)c1. The van der Waals surface area contributed by atoms with E-state index in [2.05, 4.69) is 15.3 Å². The lowest BCUT2D eigenvalue weighted by Gasteiger charge is -2.09. The van der Waals surface area contributed by atoms with Crippen molar-refractivity contribution in [1.29, 1.82) is 0 Å². The number of hydrogen-bond donors (Lipinski definition) is 1. The number of benzene rings is 3. The third kappa shape index (κ3) is 4.78. The molecule has 4 rings (SSSR count). The van der Waals surface area contributed by atoms with Crippen LogP contribution < -0.4 is 10.1 Å². The predicted octanol–water partition coefficient (Wildman–Crippen LogP) is 5.84. The Bertz CT molecular complexity index is 1150. The molecule has 0 radical (unpaired) electrons. The molecular formula is C23H16ClN3O2. The van der Waals surface area contributed by atoms with Gasteiger partial charge in [0, 0.05) is 27.9 Å². The monoisotopic (exact) mass is 401 g/mol. The summed E-state index contributed by atoms with van der Waals surface area (Å²) < 4.78 is 5.85. The molecule has 0 bridgehead atoms. The summed E-state index contributed by atoms with van der Waals surface area (Å²) in [4.78, 5) is 21.0. The van der Waals surface area contributed by atoms with E-state index in [-0.39, 0.29) is 5.91 Å². The highest BCUT2D eigenvalue weighted by Gasteiger charge is 2.09. The van der Waals surface area contributed by atoms with Crippen LogP contribution in [-0.4, -0.2) is 15.9 Å². The zero-order valence-corrected chi connectivity index (χ0v) is 16.0. The third-order valence-corrected chi connectivity index (χ3v) is 4.35. The van der Waals surface area contributed by atoms with Gasteiger partial charge in [-0.3, -0.25) is 4.79 Å². The van der Waals surface area contributed by atoms with Crippen LogP contribution in [-0.2, 0) is 0 Å². The minimum Gasteiger partial charge on any atom is -0.439 e. The molecule has 0 aliphatic carbocycles. The first-order chi connectivity index (χ1) is 14.2. The van der Waals surface area contributed by atoms with Crippen molar-refractivity contribution in [3.8, 4) is 22.9 Å². The summed E-state index contributed by atoms with van der Waals surface area (Å²) >= 11 is 5.96. The maximum absolute atomic E-state index is 12.5. The van der Waals surface area contributed by atoms with Gasteiger partial charge in [-0.15, -0.1) is 0 Å². The number of carbonyl (C=O) groups excluding carboxylic acids is 1. The average Bonchev–Trinajstić information content (AvgIpc) is 2.75. The number of hydrogen-bond acceptors (Lipinski definition) is 4. The molecule has 1 amide bonds. The number of aromatic nitrogens is 2. The van der Waals surface area contributed by atoms with Gasteiger partial charge >= 0.3 is 0 Å². The van der Waals surface area contributed by atoms with E-state index in [0.717, 1.165) is 11.3 Å². The van der Waals surface area contributed by atoms with E-state index in [1.807, 2.05) is 30.3 Å². The highest BCUT2D eigenvalue weighted by atomic mass is 35.5. The average molecular weight is 402 g/mol. The number of anilines is 1. The van der Waals surface area contributed by atoms with Gasteiger partial charge in [0.05, 0.1) is 5.69 Å². The van der Waals surface area contributed by atoms with E-state index in [4.69, 9.17) is 16.3 Å². The Hall–Kier alpha value is -3.70. The van der Waals surface area contributed by atoms with Crippen LogP contribution in [0.25, 0.3) is 11.3 Å². The van der Waals surface area contributed by atoms with Gasteiger partial charge in [-0.1, -0.05) is 54.1 Å². The van der Waals surface area contributed by atoms with Gasteiger partial charge < -0.3 is 10.1 Å². The minimum absolute atomic E-state index is 0.259. The van der Waals surface area contributed by atoms with Crippen LogP contribution in [0.15, 0.2) is 91.3 Å². The van der Waals surface area contributed by atoms with E-state index in [0.29, 0.717) is 27.9 Å². The van der Waals surface area contributed by atoms with E-state index < -0.39 is 0 Å². The Morgan fingerprint density at radius 3 is 2.52 bits per heavy atom. The van der Waals surface area contributed by atoms with E-state index >= 15 is 0 Å². The number of carbonyl (C=O) groups is 1. The van der Waals surface area contributed by atoms with E-state index in [1.54, 1.807) is 54.6 Å². The van der Waals surface area contributed by atoms with Crippen molar-refractivity contribution in [2.45, 2.75) is 0 Å². The lowest BCUT2D eigenvalue weighted by molar-refractivity contribution is 0.102. The summed E-state index contributed by atoms with van der Waals surface area (Å²) in [5, 5.41) is 3.37. The molecule has 0 aliphatic heterocycles. The van der Waals surface area contributed by atoms with Crippen LogP contribution in [0.3, 0.4) is 0 Å². The highest BCUT2D eigenvalue weighted by Crippen LogP contribution is 2.25. The summed E-state index contributed by atoms with van der Waals surface area (Å²) in [6, 6.07) is 25.4. The van der Waals surface area contributed by atoms with Crippen LogP contribution in [0.5, 0.6) is 11.6 Å². The molecule has 0 atom stereocenters. The van der Waals surface area contributed by atoms with Crippen LogP contribution in [0.1, 0.15) is 10.4 Å². The zero-order chi connectivity index (χ0) is 20.1. The van der Waals surface area contributed by atoms with Crippen LogP contribution >= 0.6 is 11.6 Å². The lowest BCUT2D eigenvalue weighted by Crippen LogP contribution is -2.11. The molecule has 0 spiro atoms. The molecule has 0 saturated carbocycles. The molecule has 1 N–H and O–H groups in total. The Balaban J connectivity index is 1.51. The second-order valence-corrected chi connectivity index (χ2v) is 6.64. The van der Waals surface area contributed by atoms with Gasteiger partial charge in [0.2, 0.25) is 5.88 Å². The number of ether oxygens (including phenoxy) is 1. The van der Waals surface area contributed by atoms with Gasteiger partial charge in [-0.25, -0.2) is 9.97 Å². The van der Waals surface area contributed by atoms with Crippen molar-refractivity contribution in [1.82, 2.24) is 9.97 Å². The van der Waals surface area contributed by atoms with Crippen LogP contribution in [0.2, 0.25) is 5.02 Å². The topological polar surface area (TPSA) is 64.1 Å². The summed E-state index contributed by atoms with van der Waals surface area (Å²) in [6.45, 7) is 0. The molecule has 5 nitrogen and oxygen atoms in total. The number of amides is 1. The highest BCUT2D eigenvalue weighted by molar-refractivity contribution is 6.31. The Morgan fingerprint density at radius 1 is 0.862 bits per heavy atom. The van der Waals surface area contributed by atoms with Crippen molar-refractivity contribution in [3.63, 3.8) is 0 Å². The first kappa shape index (κ1) is 18.7. The van der Waals surface area contributed by atoms with Crippen molar-refractivity contribution in [2.24, 2.45) is 0 Å². The van der Waals surface area contributed by atoms with Gasteiger partial charge in [0.15, 0.2) is 0 Å². The molecule has 4 aromatic rings. The van der Waals surface area contributed by atoms with Crippen molar-refractivity contribution < 1.29 is 9.53 Å². The lowest BCUT2D eigenvalue weighted by atomic mass is 10.1. The second-order valence-electron chi connectivity index (χ2n) is 6.20. The smallest absolute Gasteiger partial charge is 0.255 e. The van der Waals surface area contributed by atoms with Crippen molar-refractivity contribution >= 4 is 23.2 Å². The normalized spacial score (nSPS) is 10.4. The van der Waals surface area contributed by atoms with Crippen molar-refractivity contribution in [3.05, 3.63) is 102 Å². The zero-order valence-electron chi connectivity index (χ0n) is 15.2. The minimum atomic E-state index is -0.259. The fourth-order valence-corrected chi connectivity index (χ4v) is 2.94. The Morgan fingerprint density at radius 2 is 1.69 bits per heavy atom. The molecule has 1 heterocycles. The number of rotatable bonds is 5. The molecule has 1 aromatic heterocycles. The largest absolute Gasteiger partial charge is 0.439 e. The molecule has 0 unspecified atom stereocenters. The number of halogens is 1. The third-order valence-electron chi connectivity index (χ3n) is 4.11. The number of nitrogens with zero attached hydrogens (tertiary/aromatic N) is 2. The maximum Gasteiger partial charge on any atom is 0.255 e. The van der Waals surface area contributed by atoms with Gasteiger partial charge in [-0.2, -0.15) is 0 Å². The van der Waals surface area contributed by atoms with Gasteiger partial charge in [-0.05, 0) is 36.4 Å². The molecule has 0 saturated heterocycles. The predicted molar refractivity (Wildman–Crippen MR) is 113 cm³/mol. The molecule has 29 heavy (non-hydrogen) atoms. The van der Waals surface area contributed by atoms with E-state index in [9.17, 15) is 4.79 Å². The second kappa shape index (κ2) is 8.54. The van der Waals surface area contributed by atoms with Crippen LogP contribution in [0, 0.1) is 0 Å². The summed E-state index contributed by atoms with van der Waals surface area (Å²) in [6.07, 6.45) is 1.45. The van der Waals surface area contributed by atoms with Gasteiger partial charge in [0.25, 0.3) is 5.91 Å². The first-order valence-corrected chi connectivity index (χ1v) is 9.27. The summed E-state index contributed by atoms with van der Waals surface area (Å²) in [7, 11) is 0. The maximum atomic E-state index is 12.5.